The van der Waals surface area contributed by atoms with Crippen LogP contribution in [-0.4, -0.2) is 32.3 Å². The first-order valence-corrected chi connectivity index (χ1v) is 7.16. The van der Waals surface area contributed by atoms with Crippen LogP contribution in [-0.2, 0) is 0 Å². The Morgan fingerprint density at radius 1 is 1.35 bits per heavy atom. The van der Waals surface area contributed by atoms with Crippen molar-refractivity contribution in [2.75, 3.05) is 25.1 Å². The van der Waals surface area contributed by atoms with E-state index >= 15 is 0 Å². The summed E-state index contributed by atoms with van der Waals surface area (Å²) >= 11 is 0. The van der Waals surface area contributed by atoms with Crippen LogP contribution in [0.2, 0.25) is 0 Å². The van der Waals surface area contributed by atoms with Crippen molar-refractivity contribution in [3.63, 3.8) is 0 Å². The highest BCUT2D eigenvalue weighted by molar-refractivity contribution is 5.52. The summed E-state index contributed by atoms with van der Waals surface area (Å²) in [5.74, 6) is -0.00745. The Morgan fingerprint density at radius 2 is 2.05 bits per heavy atom. The second kappa shape index (κ2) is 5.60. The predicted molar refractivity (Wildman–Crippen MR) is 81.0 cm³/mol. The molecule has 0 aromatic heterocycles. The van der Waals surface area contributed by atoms with Gasteiger partial charge in [0.25, 0.3) is 0 Å². The lowest BCUT2D eigenvalue weighted by atomic mass is 9.84. The van der Waals surface area contributed by atoms with Crippen LogP contribution in [0, 0.1) is 11.2 Å². The summed E-state index contributed by atoms with van der Waals surface area (Å²) in [6.07, 6.45) is 0. The number of anilines is 1. The van der Waals surface area contributed by atoms with Crippen molar-refractivity contribution in [2.24, 2.45) is 5.41 Å². The highest BCUT2D eigenvalue weighted by Crippen LogP contribution is 2.30. The summed E-state index contributed by atoms with van der Waals surface area (Å²) < 4.78 is 18.6. The molecule has 1 aliphatic heterocycles. The highest BCUT2D eigenvalue weighted by Gasteiger charge is 2.32. The second-order valence-corrected chi connectivity index (χ2v) is 6.65. The minimum Gasteiger partial charge on any atom is -0.494 e. The van der Waals surface area contributed by atoms with Crippen LogP contribution >= 0.6 is 0 Å². The van der Waals surface area contributed by atoms with E-state index in [-0.39, 0.29) is 11.2 Å². The molecule has 3 nitrogen and oxygen atoms in total. The molecule has 0 spiro atoms. The fourth-order valence-corrected chi connectivity index (χ4v) is 2.63. The van der Waals surface area contributed by atoms with E-state index in [0.29, 0.717) is 17.8 Å². The number of nitrogens with one attached hydrogen (secondary N) is 1. The maximum Gasteiger partial charge on any atom is 0.165 e. The van der Waals surface area contributed by atoms with E-state index in [4.69, 9.17) is 4.74 Å². The lowest BCUT2D eigenvalue weighted by Gasteiger charge is -2.45. The molecule has 1 aromatic carbocycles. The molecular weight excluding hydrogens is 255 g/mol. The Labute approximate surface area is 121 Å². The van der Waals surface area contributed by atoms with Gasteiger partial charge >= 0.3 is 0 Å². The number of hydrogen-bond acceptors (Lipinski definition) is 3. The first-order chi connectivity index (χ1) is 9.32. The topological polar surface area (TPSA) is 24.5 Å². The number of hydrogen-bond donors (Lipinski definition) is 1. The molecule has 1 heterocycles. The molecule has 1 aliphatic rings. The molecule has 0 radical (unpaired) electrons. The number of halogens is 1. The van der Waals surface area contributed by atoms with Gasteiger partial charge in [0.1, 0.15) is 0 Å². The molecule has 1 aromatic rings. The maximum absolute atomic E-state index is 13.5. The number of ether oxygens (including phenoxy) is 1. The lowest BCUT2D eigenvalue weighted by Crippen LogP contribution is -2.59. The molecule has 4 heteroatoms. The Bertz CT molecular complexity index is 470. The van der Waals surface area contributed by atoms with Crippen LogP contribution in [0.25, 0.3) is 0 Å². The fourth-order valence-electron chi connectivity index (χ4n) is 2.63. The SMILES string of the molecule is COc1cc(N2CC(C(C)(C)C)NCC2C)ccc1F. The van der Waals surface area contributed by atoms with Crippen molar-refractivity contribution in [2.45, 2.75) is 39.8 Å². The Balaban J connectivity index is 2.25. The molecule has 2 atom stereocenters. The Hall–Kier alpha value is -1.29. The molecule has 2 rings (SSSR count). The summed E-state index contributed by atoms with van der Waals surface area (Å²) in [5, 5.41) is 3.60. The summed E-state index contributed by atoms with van der Waals surface area (Å²) in [5.41, 5.74) is 1.22. The Morgan fingerprint density at radius 3 is 2.65 bits per heavy atom. The summed E-state index contributed by atoms with van der Waals surface area (Å²) in [6.45, 7) is 10.8. The first-order valence-electron chi connectivity index (χ1n) is 7.16. The number of rotatable bonds is 2. The van der Waals surface area contributed by atoms with E-state index < -0.39 is 0 Å². The van der Waals surface area contributed by atoms with Crippen LogP contribution in [0.4, 0.5) is 10.1 Å². The maximum atomic E-state index is 13.5. The van der Waals surface area contributed by atoms with Crippen molar-refractivity contribution >= 4 is 5.69 Å². The molecule has 0 saturated carbocycles. The van der Waals surface area contributed by atoms with Gasteiger partial charge in [0.05, 0.1) is 7.11 Å². The standard InChI is InChI=1S/C16H25FN2O/c1-11-9-18-15(16(2,3)4)10-19(11)12-6-7-13(17)14(8-12)20-5/h6-8,11,15,18H,9-10H2,1-5H3. The third-order valence-electron chi connectivity index (χ3n) is 4.08. The third-order valence-corrected chi connectivity index (χ3v) is 4.08. The molecule has 1 saturated heterocycles. The number of benzene rings is 1. The molecule has 0 bridgehead atoms. The quantitative estimate of drug-likeness (QED) is 0.901. The van der Waals surface area contributed by atoms with Crippen LogP contribution in [0.5, 0.6) is 5.75 Å². The van der Waals surface area contributed by atoms with Gasteiger partial charge < -0.3 is 15.0 Å². The first kappa shape index (κ1) is 15.1. The zero-order valence-electron chi connectivity index (χ0n) is 13.0. The molecule has 2 unspecified atom stereocenters. The van der Waals surface area contributed by atoms with Crippen molar-refractivity contribution in [3.05, 3.63) is 24.0 Å². The minimum absolute atomic E-state index is 0.197. The van der Waals surface area contributed by atoms with Crippen LogP contribution < -0.4 is 15.0 Å². The van der Waals surface area contributed by atoms with E-state index in [0.717, 1.165) is 18.8 Å². The van der Waals surface area contributed by atoms with Gasteiger partial charge in [-0.15, -0.1) is 0 Å². The molecule has 112 valence electrons. The van der Waals surface area contributed by atoms with E-state index in [1.807, 2.05) is 6.07 Å². The fraction of sp³-hybridized carbons (Fsp3) is 0.625. The summed E-state index contributed by atoms with van der Waals surface area (Å²) in [6, 6.07) is 5.89. The monoisotopic (exact) mass is 280 g/mol. The molecule has 20 heavy (non-hydrogen) atoms. The normalized spacial score (nSPS) is 23.8. The van der Waals surface area contributed by atoms with Gasteiger partial charge in [-0.1, -0.05) is 20.8 Å². The van der Waals surface area contributed by atoms with Gasteiger partial charge in [-0.2, -0.15) is 0 Å². The van der Waals surface area contributed by atoms with E-state index in [1.165, 1.54) is 13.2 Å². The average molecular weight is 280 g/mol. The molecular formula is C16H25FN2O. The van der Waals surface area contributed by atoms with Gasteiger partial charge in [0, 0.05) is 36.9 Å². The van der Waals surface area contributed by atoms with Crippen molar-refractivity contribution < 1.29 is 9.13 Å². The van der Waals surface area contributed by atoms with Crippen molar-refractivity contribution in [3.8, 4) is 5.75 Å². The smallest absolute Gasteiger partial charge is 0.165 e. The second-order valence-electron chi connectivity index (χ2n) is 6.65. The van der Waals surface area contributed by atoms with Gasteiger partial charge in [-0.3, -0.25) is 0 Å². The number of nitrogens with zero attached hydrogens (tertiary/aromatic N) is 1. The molecule has 1 N–H and O–H groups in total. The number of methoxy groups -OCH3 is 1. The molecule has 0 amide bonds. The average Bonchev–Trinajstić information content (AvgIpc) is 2.39. The summed E-state index contributed by atoms with van der Waals surface area (Å²) in [4.78, 5) is 2.33. The summed E-state index contributed by atoms with van der Waals surface area (Å²) in [7, 11) is 1.50. The van der Waals surface area contributed by atoms with Gasteiger partial charge in [-0.25, -0.2) is 4.39 Å². The van der Waals surface area contributed by atoms with E-state index in [2.05, 4.69) is 37.9 Å². The van der Waals surface area contributed by atoms with E-state index in [9.17, 15) is 4.39 Å². The van der Waals surface area contributed by atoms with Crippen LogP contribution in [0.15, 0.2) is 18.2 Å². The lowest BCUT2D eigenvalue weighted by molar-refractivity contribution is 0.239. The van der Waals surface area contributed by atoms with Gasteiger partial charge in [-0.05, 0) is 24.5 Å². The van der Waals surface area contributed by atoms with Crippen molar-refractivity contribution in [1.29, 1.82) is 0 Å². The van der Waals surface area contributed by atoms with Gasteiger partial charge in [0.15, 0.2) is 11.6 Å². The predicted octanol–water partition coefficient (Wildman–Crippen LogP) is 3.05. The number of piperazine rings is 1. The minimum atomic E-state index is -0.314. The zero-order valence-corrected chi connectivity index (χ0v) is 13.0. The third kappa shape index (κ3) is 3.06. The zero-order chi connectivity index (χ0) is 14.9. The largest absolute Gasteiger partial charge is 0.494 e. The molecule has 0 aliphatic carbocycles. The van der Waals surface area contributed by atoms with Crippen LogP contribution in [0.3, 0.4) is 0 Å². The highest BCUT2D eigenvalue weighted by atomic mass is 19.1. The van der Waals surface area contributed by atoms with E-state index in [1.54, 1.807) is 6.07 Å². The van der Waals surface area contributed by atoms with Crippen molar-refractivity contribution in [1.82, 2.24) is 5.32 Å². The van der Waals surface area contributed by atoms with Gasteiger partial charge in [0.2, 0.25) is 0 Å². The Kier molecular flexibility index (Phi) is 4.23. The molecule has 1 fully saturated rings. The van der Waals surface area contributed by atoms with Crippen LogP contribution in [0.1, 0.15) is 27.7 Å².